The maximum Gasteiger partial charge on any atom is 0.472 e. The van der Waals surface area contributed by atoms with Crippen molar-refractivity contribution in [2.75, 3.05) is 6.61 Å². The summed E-state index contributed by atoms with van der Waals surface area (Å²) >= 11 is 0. The fourth-order valence-electron chi connectivity index (χ4n) is 1.25. The molecule has 1 aliphatic rings. The molecule has 0 radical (unpaired) electrons. The summed E-state index contributed by atoms with van der Waals surface area (Å²) in [5, 5.41) is 18.7. The molecule has 0 unspecified atom stereocenters. The first-order valence-electron chi connectivity index (χ1n) is 4.45. The molecule has 18 heavy (non-hydrogen) atoms. The minimum absolute atomic E-state index is 0.788. The fourth-order valence-corrected chi connectivity index (χ4v) is 2.03. The molecular formula is C5H12O11P2. The Kier molecular flexibility index (Phi) is 5.04. The summed E-state index contributed by atoms with van der Waals surface area (Å²) in [6, 6.07) is 0. The van der Waals surface area contributed by atoms with E-state index in [9.17, 15) is 19.3 Å². The SMILES string of the molecule is O=P(O)(O)OC[C@H]1O[C@H](OP(=O)(O)O)[C@H](O)[C@@H]1O. The second-order valence-electron chi connectivity index (χ2n) is 3.41. The van der Waals surface area contributed by atoms with E-state index in [4.69, 9.17) is 19.6 Å². The number of aliphatic hydroxyl groups is 2. The molecular weight excluding hydrogens is 298 g/mol. The Morgan fingerprint density at radius 3 is 2.00 bits per heavy atom. The Balaban J connectivity index is 2.59. The van der Waals surface area contributed by atoms with Crippen LogP contribution in [0.1, 0.15) is 0 Å². The zero-order valence-electron chi connectivity index (χ0n) is 8.64. The van der Waals surface area contributed by atoms with Crippen LogP contribution in [0.3, 0.4) is 0 Å². The van der Waals surface area contributed by atoms with Gasteiger partial charge < -0.3 is 34.5 Å². The molecule has 1 rings (SSSR count). The number of ether oxygens (including phenoxy) is 1. The molecule has 4 atom stereocenters. The molecule has 0 aromatic rings. The third-order valence-corrected chi connectivity index (χ3v) is 2.93. The van der Waals surface area contributed by atoms with Crippen LogP contribution in [0.5, 0.6) is 0 Å². The summed E-state index contributed by atoms with van der Waals surface area (Å²) in [6.45, 7) is -0.788. The summed E-state index contributed by atoms with van der Waals surface area (Å²) in [6.07, 6.45) is -6.69. The van der Waals surface area contributed by atoms with E-state index in [1.807, 2.05) is 0 Å². The quantitative estimate of drug-likeness (QED) is 0.299. The van der Waals surface area contributed by atoms with Crippen molar-refractivity contribution in [1.82, 2.24) is 0 Å². The van der Waals surface area contributed by atoms with Crippen LogP contribution in [0.15, 0.2) is 0 Å². The second kappa shape index (κ2) is 5.61. The van der Waals surface area contributed by atoms with Crippen molar-refractivity contribution < 1.29 is 52.7 Å². The van der Waals surface area contributed by atoms with Gasteiger partial charge in [0.15, 0.2) is 6.29 Å². The average molecular weight is 310 g/mol. The molecule has 0 aromatic heterocycles. The normalized spacial score (nSPS) is 33.9. The van der Waals surface area contributed by atoms with E-state index in [1.54, 1.807) is 0 Å². The topological polar surface area (TPSA) is 183 Å². The maximum absolute atomic E-state index is 10.5. The Morgan fingerprint density at radius 2 is 1.56 bits per heavy atom. The van der Waals surface area contributed by atoms with Crippen LogP contribution in [0.4, 0.5) is 0 Å². The Hall–Kier alpha value is 0.1000. The van der Waals surface area contributed by atoms with Gasteiger partial charge in [-0.05, 0) is 0 Å². The van der Waals surface area contributed by atoms with Gasteiger partial charge in [0.2, 0.25) is 0 Å². The smallest absolute Gasteiger partial charge is 0.387 e. The highest BCUT2D eigenvalue weighted by Crippen LogP contribution is 2.42. The number of hydrogen-bond donors (Lipinski definition) is 6. The van der Waals surface area contributed by atoms with Crippen molar-refractivity contribution in [3.63, 3.8) is 0 Å². The predicted molar refractivity (Wildman–Crippen MR) is 51.8 cm³/mol. The van der Waals surface area contributed by atoms with Gasteiger partial charge in [-0.2, -0.15) is 0 Å². The summed E-state index contributed by atoms with van der Waals surface area (Å²) in [7, 11) is -9.74. The van der Waals surface area contributed by atoms with Crippen molar-refractivity contribution in [2.45, 2.75) is 24.6 Å². The lowest BCUT2D eigenvalue weighted by Crippen LogP contribution is -2.34. The Bertz CT molecular complexity index is 372. The van der Waals surface area contributed by atoms with E-state index in [2.05, 4.69) is 13.8 Å². The van der Waals surface area contributed by atoms with Gasteiger partial charge in [0.25, 0.3) is 0 Å². The second-order valence-corrected chi connectivity index (χ2v) is 5.84. The van der Waals surface area contributed by atoms with Crippen LogP contribution >= 0.6 is 15.6 Å². The monoisotopic (exact) mass is 310 g/mol. The van der Waals surface area contributed by atoms with E-state index in [1.165, 1.54) is 0 Å². The molecule has 1 aliphatic heterocycles. The van der Waals surface area contributed by atoms with Crippen molar-refractivity contribution in [1.29, 1.82) is 0 Å². The molecule has 1 heterocycles. The van der Waals surface area contributed by atoms with E-state index in [0.717, 1.165) is 0 Å². The summed E-state index contributed by atoms with van der Waals surface area (Å²) in [5.41, 5.74) is 0. The first kappa shape index (κ1) is 16.2. The van der Waals surface area contributed by atoms with Crippen LogP contribution < -0.4 is 0 Å². The van der Waals surface area contributed by atoms with Crippen LogP contribution in [-0.2, 0) is 22.9 Å². The molecule has 11 nitrogen and oxygen atoms in total. The van der Waals surface area contributed by atoms with Gasteiger partial charge in [-0.3, -0.25) is 9.05 Å². The van der Waals surface area contributed by atoms with E-state index >= 15 is 0 Å². The van der Waals surface area contributed by atoms with Crippen LogP contribution in [0.25, 0.3) is 0 Å². The lowest BCUT2D eigenvalue weighted by Gasteiger charge is -2.15. The lowest BCUT2D eigenvalue weighted by atomic mass is 10.1. The third kappa shape index (κ3) is 5.00. The van der Waals surface area contributed by atoms with Gasteiger partial charge in [0, 0.05) is 0 Å². The average Bonchev–Trinajstić information content (AvgIpc) is 2.40. The van der Waals surface area contributed by atoms with Crippen molar-refractivity contribution in [3.05, 3.63) is 0 Å². The van der Waals surface area contributed by atoms with Gasteiger partial charge in [-0.25, -0.2) is 9.13 Å². The number of phosphoric acid groups is 2. The lowest BCUT2D eigenvalue weighted by molar-refractivity contribution is -0.125. The molecule has 1 saturated heterocycles. The zero-order chi connectivity index (χ0) is 14.1. The molecule has 108 valence electrons. The van der Waals surface area contributed by atoms with Crippen molar-refractivity contribution in [3.8, 4) is 0 Å². The molecule has 1 fully saturated rings. The number of phosphoric ester groups is 2. The summed E-state index contributed by atoms with van der Waals surface area (Å²) in [4.78, 5) is 33.8. The Labute approximate surface area is 100 Å². The molecule has 0 spiro atoms. The molecule has 0 aromatic carbocycles. The van der Waals surface area contributed by atoms with Crippen LogP contribution in [0.2, 0.25) is 0 Å². The molecule has 13 heteroatoms. The summed E-state index contributed by atoms with van der Waals surface area (Å²) in [5.74, 6) is 0. The highest BCUT2D eigenvalue weighted by atomic mass is 31.2. The number of hydrogen-bond acceptors (Lipinski definition) is 7. The summed E-state index contributed by atoms with van der Waals surface area (Å²) < 4.78 is 33.6. The third-order valence-electron chi connectivity index (χ3n) is 1.97. The van der Waals surface area contributed by atoms with Gasteiger partial charge in [-0.1, -0.05) is 0 Å². The van der Waals surface area contributed by atoms with Crippen LogP contribution in [-0.4, -0.2) is 61.0 Å². The fraction of sp³-hybridized carbons (Fsp3) is 1.00. The molecule has 0 saturated carbocycles. The van der Waals surface area contributed by atoms with Crippen molar-refractivity contribution in [2.24, 2.45) is 0 Å². The highest BCUT2D eigenvalue weighted by Gasteiger charge is 2.46. The minimum atomic E-state index is -4.95. The van der Waals surface area contributed by atoms with E-state index in [-0.39, 0.29) is 0 Å². The van der Waals surface area contributed by atoms with E-state index in [0.29, 0.717) is 0 Å². The standard InChI is InChI=1S/C5H12O11P2/c6-3-2(1-14-17(8,9)10)15-5(4(3)7)16-18(11,12)13/h2-7H,1H2,(H2,8,9,10)(H2,11,12,13)/t2-,3-,4-,5-/m1/s1. The first-order chi connectivity index (χ1) is 7.99. The maximum atomic E-state index is 10.5. The van der Waals surface area contributed by atoms with Gasteiger partial charge >= 0.3 is 15.6 Å². The van der Waals surface area contributed by atoms with E-state index < -0.39 is 46.9 Å². The molecule has 0 aliphatic carbocycles. The molecule has 6 N–H and O–H groups in total. The zero-order valence-corrected chi connectivity index (χ0v) is 10.4. The number of rotatable bonds is 5. The van der Waals surface area contributed by atoms with Gasteiger partial charge in [0.05, 0.1) is 6.61 Å². The number of aliphatic hydroxyl groups excluding tert-OH is 2. The highest BCUT2D eigenvalue weighted by molar-refractivity contribution is 7.46. The minimum Gasteiger partial charge on any atom is -0.387 e. The van der Waals surface area contributed by atoms with Gasteiger partial charge in [-0.15, -0.1) is 0 Å². The predicted octanol–water partition coefficient (Wildman–Crippen LogP) is -2.35. The molecule has 0 amide bonds. The van der Waals surface area contributed by atoms with Gasteiger partial charge in [0.1, 0.15) is 18.3 Å². The largest absolute Gasteiger partial charge is 0.472 e. The van der Waals surface area contributed by atoms with Crippen LogP contribution in [0, 0.1) is 0 Å². The first-order valence-corrected chi connectivity index (χ1v) is 7.51. The Morgan fingerprint density at radius 1 is 1.00 bits per heavy atom. The van der Waals surface area contributed by atoms with Crippen molar-refractivity contribution >= 4 is 15.6 Å². The molecule has 0 bridgehead atoms.